The molecule has 1 aliphatic rings. The van der Waals surface area contributed by atoms with Crippen LogP contribution in [0.4, 0.5) is 4.39 Å². The molecule has 5 heteroatoms. The van der Waals surface area contributed by atoms with Crippen LogP contribution >= 0.6 is 0 Å². The summed E-state index contributed by atoms with van der Waals surface area (Å²) in [6.07, 6.45) is 1.84. The van der Waals surface area contributed by atoms with Crippen molar-refractivity contribution >= 4 is 5.91 Å². The molecule has 1 amide bonds. The van der Waals surface area contributed by atoms with Gasteiger partial charge in [0.05, 0.1) is 0 Å². The monoisotopic (exact) mass is 356 g/mol. The Labute approximate surface area is 153 Å². The molecule has 4 nitrogen and oxygen atoms in total. The number of rotatable bonds is 8. The molecular weight excluding hydrogens is 331 g/mol. The van der Waals surface area contributed by atoms with Crippen molar-refractivity contribution in [2.24, 2.45) is 5.73 Å². The van der Waals surface area contributed by atoms with Gasteiger partial charge in [0.1, 0.15) is 12.4 Å². The Balaban J connectivity index is 1.88. The highest BCUT2D eigenvalue weighted by Gasteiger charge is 2.39. The van der Waals surface area contributed by atoms with Crippen LogP contribution < -0.4 is 10.5 Å². The van der Waals surface area contributed by atoms with Crippen LogP contribution in [0, 0.1) is 0 Å². The van der Waals surface area contributed by atoms with Crippen LogP contribution in [-0.4, -0.2) is 43.7 Å². The van der Waals surface area contributed by atoms with Gasteiger partial charge in [-0.2, -0.15) is 0 Å². The minimum absolute atomic E-state index is 0.0946. The van der Waals surface area contributed by atoms with Crippen molar-refractivity contribution in [1.82, 2.24) is 4.90 Å². The summed E-state index contributed by atoms with van der Waals surface area (Å²) in [4.78, 5) is 13.2. The summed E-state index contributed by atoms with van der Waals surface area (Å²) >= 11 is 0. The van der Waals surface area contributed by atoms with E-state index in [-0.39, 0.29) is 18.7 Å². The predicted octanol–water partition coefficient (Wildman–Crippen LogP) is 2.71. The van der Waals surface area contributed by atoms with Gasteiger partial charge in [-0.1, -0.05) is 42.5 Å². The number of likely N-dealkylation sites (tertiary alicyclic amines) is 1. The number of primary amides is 1. The summed E-state index contributed by atoms with van der Waals surface area (Å²) in [5.74, 6) is 0.141. The van der Waals surface area contributed by atoms with E-state index in [1.54, 1.807) is 0 Å². The van der Waals surface area contributed by atoms with E-state index in [0.717, 1.165) is 31.5 Å². The van der Waals surface area contributed by atoms with E-state index in [1.807, 2.05) is 36.4 Å². The molecule has 26 heavy (non-hydrogen) atoms. The van der Waals surface area contributed by atoms with Crippen LogP contribution in [0.1, 0.15) is 17.5 Å². The molecule has 2 N–H and O–H groups in total. The molecule has 138 valence electrons. The van der Waals surface area contributed by atoms with Crippen molar-refractivity contribution in [3.63, 3.8) is 0 Å². The molecule has 1 saturated heterocycles. The molecule has 1 unspecified atom stereocenters. The summed E-state index contributed by atoms with van der Waals surface area (Å²) in [7, 11) is 0. The zero-order valence-electron chi connectivity index (χ0n) is 14.9. The molecule has 1 atom stereocenters. The highest BCUT2D eigenvalue weighted by molar-refractivity contribution is 5.75. The molecule has 0 aliphatic carbocycles. The maximum Gasteiger partial charge on any atom is 0.255 e. The number of nitrogens with zero attached hydrogens (tertiary/aromatic N) is 1. The fraction of sp³-hybridized carbons (Fsp3) is 0.381. The summed E-state index contributed by atoms with van der Waals surface area (Å²) in [6.45, 7) is 1.69. The lowest BCUT2D eigenvalue weighted by atomic mass is 9.75. The van der Waals surface area contributed by atoms with E-state index < -0.39 is 5.91 Å². The highest BCUT2D eigenvalue weighted by atomic mass is 19.1. The lowest BCUT2D eigenvalue weighted by molar-refractivity contribution is -0.119. The predicted molar refractivity (Wildman–Crippen MR) is 100.0 cm³/mol. The van der Waals surface area contributed by atoms with Gasteiger partial charge in [0, 0.05) is 18.5 Å². The molecule has 0 aromatic heterocycles. The van der Waals surface area contributed by atoms with Gasteiger partial charge in [0.2, 0.25) is 0 Å². The smallest absolute Gasteiger partial charge is 0.255 e. The van der Waals surface area contributed by atoms with Gasteiger partial charge >= 0.3 is 0 Å². The number of carbonyl (C=O) groups is 1. The van der Waals surface area contributed by atoms with Crippen LogP contribution in [0.5, 0.6) is 5.75 Å². The number of carbonyl (C=O) groups excluding carboxylic acids is 1. The fourth-order valence-corrected chi connectivity index (χ4v) is 3.81. The maximum atomic E-state index is 12.9. The molecule has 1 aliphatic heterocycles. The first-order valence-electron chi connectivity index (χ1n) is 8.95. The van der Waals surface area contributed by atoms with E-state index in [1.165, 1.54) is 5.56 Å². The second-order valence-electron chi connectivity index (χ2n) is 6.94. The van der Waals surface area contributed by atoms with Crippen molar-refractivity contribution in [2.75, 3.05) is 32.9 Å². The average Bonchev–Trinajstić information content (AvgIpc) is 3.05. The molecule has 2 aromatic carbocycles. The minimum Gasteiger partial charge on any atom is -0.484 e. The quantitative estimate of drug-likeness (QED) is 0.791. The number of ether oxygens (including phenoxy) is 1. The molecule has 0 radical (unpaired) electrons. The van der Waals surface area contributed by atoms with Crippen molar-refractivity contribution in [3.8, 4) is 5.75 Å². The van der Waals surface area contributed by atoms with Crippen LogP contribution in [0.3, 0.4) is 0 Å². The molecule has 0 saturated carbocycles. The first-order valence-corrected chi connectivity index (χ1v) is 8.95. The summed E-state index contributed by atoms with van der Waals surface area (Å²) < 4.78 is 18.3. The van der Waals surface area contributed by atoms with E-state index in [9.17, 15) is 9.18 Å². The number of benzene rings is 2. The molecule has 1 heterocycles. The first kappa shape index (κ1) is 18.4. The van der Waals surface area contributed by atoms with Gasteiger partial charge < -0.3 is 10.5 Å². The molecule has 1 fully saturated rings. The third kappa shape index (κ3) is 4.41. The van der Waals surface area contributed by atoms with Gasteiger partial charge in [0.25, 0.3) is 5.91 Å². The standard InChI is InChI=1S/C21H25FN2O2/c22-10-12-24-11-9-21(16-24,14-17-5-2-1-3-6-17)18-7-4-8-19(13-18)26-15-20(23)25/h1-8,13H,9-12,14-16H2,(H2,23,25). The average molecular weight is 356 g/mol. The molecule has 2 aromatic rings. The Morgan fingerprint density at radius 2 is 2.00 bits per heavy atom. The number of hydrogen-bond donors (Lipinski definition) is 1. The van der Waals surface area contributed by atoms with Crippen LogP contribution in [0.25, 0.3) is 0 Å². The van der Waals surface area contributed by atoms with Crippen molar-refractivity contribution < 1.29 is 13.9 Å². The first-order chi connectivity index (χ1) is 12.6. The highest BCUT2D eigenvalue weighted by Crippen LogP contribution is 2.39. The second-order valence-corrected chi connectivity index (χ2v) is 6.94. The normalized spacial score (nSPS) is 20.2. The topological polar surface area (TPSA) is 55.6 Å². The Kier molecular flexibility index (Phi) is 5.89. The van der Waals surface area contributed by atoms with E-state index in [4.69, 9.17) is 10.5 Å². The Hall–Kier alpha value is -2.40. The minimum atomic E-state index is -0.496. The fourth-order valence-electron chi connectivity index (χ4n) is 3.81. The van der Waals surface area contributed by atoms with E-state index in [0.29, 0.717) is 12.3 Å². The molecule has 0 spiro atoms. The number of hydrogen-bond acceptors (Lipinski definition) is 3. The lowest BCUT2D eigenvalue weighted by Crippen LogP contribution is -2.34. The number of alkyl halides is 1. The third-order valence-corrected chi connectivity index (χ3v) is 5.05. The van der Waals surface area contributed by atoms with Crippen LogP contribution in [-0.2, 0) is 16.6 Å². The van der Waals surface area contributed by atoms with Crippen molar-refractivity contribution in [3.05, 3.63) is 65.7 Å². The van der Waals surface area contributed by atoms with Gasteiger partial charge in [-0.25, -0.2) is 4.39 Å². The van der Waals surface area contributed by atoms with Gasteiger partial charge in [-0.15, -0.1) is 0 Å². The number of nitrogens with two attached hydrogens (primary N) is 1. The number of halogens is 1. The van der Waals surface area contributed by atoms with Crippen LogP contribution in [0.2, 0.25) is 0 Å². The lowest BCUT2D eigenvalue weighted by Gasteiger charge is -2.31. The molecular formula is C21H25FN2O2. The largest absolute Gasteiger partial charge is 0.484 e. The van der Waals surface area contributed by atoms with E-state index in [2.05, 4.69) is 23.1 Å². The van der Waals surface area contributed by atoms with Crippen LogP contribution in [0.15, 0.2) is 54.6 Å². The zero-order valence-corrected chi connectivity index (χ0v) is 14.9. The SMILES string of the molecule is NC(=O)COc1cccc(C2(Cc3ccccc3)CCN(CCF)C2)c1. The van der Waals surface area contributed by atoms with E-state index >= 15 is 0 Å². The number of amides is 1. The Bertz CT molecular complexity index is 738. The zero-order chi connectivity index (χ0) is 18.4. The second kappa shape index (κ2) is 8.32. The van der Waals surface area contributed by atoms with Crippen molar-refractivity contribution in [1.29, 1.82) is 0 Å². The summed E-state index contributed by atoms with van der Waals surface area (Å²) in [6, 6.07) is 18.2. The van der Waals surface area contributed by atoms with Gasteiger partial charge in [-0.05, 0) is 42.6 Å². The summed E-state index contributed by atoms with van der Waals surface area (Å²) in [5.41, 5.74) is 7.50. The Morgan fingerprint density at radius 1 is 1.19 bits per heavy atom. The van der Waals surface area contributed by atoms with Crippen molar-refractivity contribution in [2.45, 2.75) is 18.3 Å². The summed E-state index contributed by atoms with van der Waals surface area (Å²) in [5, 5.41) is 0. The molecule has 3 rings (SSSR count). The third-order valence-electron chi connectivity index (χ3n) is 5.05. The Morgan fingerprint density at radius 3 is 2.73 bits per heavy atom. The maximum absolute atomic E-state index is 12.9. The molecule has 0 bridgehead atoms. The van der Waals surface area contributed by atoms with Gasteiger partial charge in [-0.3, -0.25) is 9.69 Å². The van der Waals surface area contributed by atoms with Gasteiger partial charge in [0.15, 0.2) is 6.61 Å².